The summed E-state index contributed by atoms with van der Waals surface area (Å²) < 4.78 is 0. The number of carbonyl (C=O) groups excluding carboxylic acids is 1. The number of nitrogens with one attached hydrogen (secondary N) is 1. The summed E-state index contributed by atoms with van der Waals surface area (Å²) >= 11 is 0. The van der Waals surface area contributed by atoms with Crippen molar-refractivity contribution in [2.75, 3.05) is 18.0 Å². The minimum Gasteiger partial charge on any atom is -0.478 e. The molecule has 21 heavy (non-hydrogen) atoms. The van der Waals surface area contributed by atoms with E-state index in [2.05, 4.69) is 5.32 Å². The van der Waals surface area contributed by atoms with E-state index in [0.717, 1.165) is 6.07 Å². The summed E-state index contributed by atoms with van der Waals surface area (Å²) in [6.45, 7) is 2.70. The van der Waals surface area contributed by atoms with Crippen LogP contribution in [0.25, 0.3) is 0 Å². The van der Waals surface area contributed by atoms with Crippen molar-refractivity contribution in [3.63, 3.8) is 0 Å². The molecule has 1 atom stereocenters. The second-order valence-electron chi connectivity index (χ2n) is 4.67. The minimum atomic E-state index is -1.26. The van der Waals surface area contributed by atoms with Crippen molar-refractivity contribution < 1.29 is 19.6 Å². The lowest BCUT2D eigenvalue weighted by Gasteiger charge is -2.36. The Morgan fingerprint density at radius 3 is 2.86 bits per heavy atom. The number of anilines is 1. The zero-order valence-corrected chi connectivity index (χ0v) is 11.4. The maximum absolute atomic E-state index is 11.9. The van der Waals surface area contributed by atoms with Gasteiger partial charge in [0.2, 0.25) is 5.91 Å². The molecule has 0 aromatic heterocycles. The fourth-order valence-electron chi connectivity index (χ4n) is 2.47. The van der Waals surface area contributed by atoms with Gasteiger partial charge in [-0.1, -0.05) is 6.92 Å². The van der Waals surface area contributed by atoms with Gasteiger partial charge in [-0.05, 0) is 12.5 Å². The van der Waals surface area contributed by atoms with Crippen LogP contribution < -0.4 is 10.2 Å². The molecule has 0 radical (unpaired) electrons. The predicted octanol–water partition coefficient (Wildman–Crippen LogP) is 1.01. The SMILES string of the molecule is CCC1C(=O)NCCN1c1ccc([N+](=O)[O-])cc1C(=O)O. The average molecular weight is 293 g/mol. The van der Waals surface area contributed by atoms with Gasteiger partial charge in [-0.25, -0.2) is 4.79 Å². The first-order chi connectivity index (χ1) is 9.95. The highest BCUT2D eigenvalue weighted by atomic mass is 16.6. The molecule has 112 valence electrons. The third-order valence-electron chi connectivity index (χ3n) is 3.45. The van der Waals surface area contributed by atoms with Crippen LogP contribution in [-0.4, -0.2) is 41.0 Å². The molecule has 1 saturated heterocycles. The number of carbonyl (C=O) groups is 2. The number of hydrogen-bond acceptors (Lipinski definition) is 5. The number of piperazine rings is 1. The van der Waals surface area contributed by atoms with E-state index in [1.807, 2.05) is 6.92 Å². The van der Waals surface area contributed by atoms with Crippen LogP contribution in [0.15, 0.2) is 18.2 Å². The number of nitro benzene ring substituents is 1. The van der Waals surface area contributed by atoms with E-state index in [-0.39, 0.29) is 17.2 Å². The van der Waals surface area contributed by atoms with E-state index in [4.69, 9.17) is 0 Å². The number of nitrogens with zero attached hydrogens (tertiary/aromatic N) is 2. The first-order valence-corrected chi connectivity index (χ1v) is 6.51. The van der Waals surface area contributed by atoms with Crippen molar-refractivity contribution >= 4 is 23.3 Å². The van der Waals surface area contributed by atoms with Gasteiger partial charge in [0.1, 0.15) is 6.04 Å². The third kappa shape index (κ3) is 2.78. The summed E-state index contributed by atoms with van der Waals surface area (Å²) in [4.78, 5) is 35.0. The Morgan fingerprint density at radius 2 is 2.29 bits per heavy atom. The molecule has 1 heterocycles. The number of aromatic carboxylic acids is 1. The maximum atomic E-state index is 11.9. The van der Waals surface area contributed by atoms with E-state index in [1.54, 1.807) is 4.90 Å². The van der Waals surface area contributed by atoms with Gasteiger partial charge in [0.25, 0.3) is 5.69 Å². The number of hydrogen-bond donors (Lipinski definition) is 2. The Balaban J connectivity index is 2.49. The Labute approximate surface area is 120 Å². The highest BCUT2D eigenvalue weighted by Crippen LogP contribution is 2.28. The molecule has 1 aromatic carbocycles. The van der Waals surface area contributed by atoms with Crippen LogP contribution >= 0.6 is 0 Å². The van der Waals surface area contributed by atoms with E-state index >= 15 is 0 Å². The molecule has 1 fully saturated rings. The zero-order valence-electron chi connectivity index (χ0n) is 11.4. The number of benzene rings is 1. The van der Waals surface area contributed by atoms with Crippen LogP contribution in [0.4, 0.5) is 11.4 Å². The highest BCUT2D eigenvalue weighted by Gasteiger charge is 2.31. The second-order valence-corrected chi connectivity index (χ2v) is 4.67. The van der Waals surface area contributed by atoms with Gasteiger partial charge in [-0.15, -0.1) is 0 Å². The van der Waals surface area contributed by atoms with E-state index in [1.165, 1.54) is 12.1 Å². The summed E-state index contributed by atoms with van der Waals surface area (Å²) in [5.41, 5.74) is -0.127. The van der Waals surface area contributed by atoms with Crippen LogP contribution in [-0.2, 0) is 4.79 Å². The first kappa shape index (κ1) is 14.8. The van der Waals surface area contributed by atoms with Crippen LogP contribution in [0.5, 0.6) is 0 Å². The van der Waals surface area contributed by atoms with E-state index in [9.17, 15) is 24.8 Å². The third-order valence-corrected chi connectivity index (χ3v) is 3.45. The van der Waals surface area contributed by atoms with Crippen LogP contribution in [0.3, 0.4) is 0 Å². The van der Waals surface area contributed by atoms with Gasteiger partial charge in [0.05, 0.1) is 16.2 Å². The topological polar surface area (TPSA) is 113 Å². The number of carboxylic acid groups (broad SMARTS) is 1. The molecular weight excluding hydrogens is 278 g/mol. The van der Waals surface area contributed by atoms with Gasteiger partial charge in [-0.2, -0.15) is 0 Å². The Hall–Kier alpha value is -2.64. The number of non-ortho nitro benzene ring substituents is 1. The van der Waals surface area contributed by atoms with Crippen LogP contribution in [0.2, 0.25) is 0 Å². The summed E-state index contributed by atoms with van der Waals surface area (Å²) in [5.74, 6) is -1.42. The van der Waals surface area contributed by atoms with Crippen molar-refractivity contribution in [2.45, 2.75) is 19.4 Å². The molecule has 8 nitrogen and oxygen atoms in total. The number of amides is 1. The number of carboxylic acids is 1. The first-order valence-electron chi connectivity index (χ1n) is 6.51. The largest absolute Gasteiger partial charge is 0.478 e. The molecular formula is C13H15N3O5. The Bertz CT molecular complexity index is 601. The fraction of sp³-hybridized carbons (Fsp3) is 0.385. The zero-order chi connectivity index (χ0) is 15.6. The molecule has 0 spiro atoms. The van der Waals surface area contributed by atoms with Crippen molar-refractivity contribution in [3.8, 4) is 0 Å². The van der Waals surface area contributed by atoms with Crippen molar-refractivity contribution in [1.29, 1.82) is 0 Å². The molecule has 2 rings (SSSR count). The lowest BCUT2D eigenvalue weighted by molar-refractivity contribution is -0.384. The fourth-order valence-corrected chi connectivity index (χ4v) is 2.47. The molecule has 1 unspecified atom stereocenters. The normalized spacial score (nSPS) is 18.2. The Morgan fingerprint density at radius 1 is 1.57 bits per heavy atom. The lowest BCUT2D eigenvalue weighted by atomic mass is 10.0. The number of rotatable bonds is 4. The van der Waals surface area contributed by atoms with E-state index < -0.39 is 16.9 Å². The van der Waals surface area contributed by atoms with Gasteiger partial charge >= 0.3 is 5.97 Å². The van der Waals surface area contributed by atoms with Crippen molar-refractivity contribution in [2.24, 2.45) is 0 Å². The maximum Gasteiger partial charge on any atom is 0.338 e. The molecule has 0 saturated carbocycles. The van der Waals surface area contributed by atoms with Crippen LogP contribution in [0, 0.1) is 10.1 Å². The standard InChI is InChI=1S/C13H15N3O5/c1-2-10-12(17)14-5-6-15(10)11-4-3-8(16(20)21)7-9(11)13(18)19/h3-4,7,10H,2,5-6H2,1H3,(H,14,17)(H,18,19). The van der Waals surface area contributed by atoms with E-state index in [0.29, 0.717) is 25.2 Å². The van der Waals surface area contributed by atoms with Gasteiger partial charge in [0.15, 0.2) is 0 Å². The molecule has 1 aromatic rings. The monoisotopic (exact) mass is 293 g/mol. The molecule has 8 heteroatoms. The summed E-state index contributed by atoms with van der Waals surface area (Å²) in [6, 6.07) is 3.19. The summed E-state index contributed by atoms with van der Waals surface area (Å²) in [5, 5.41) is 22.8. The Kier molecular flexibility index (Phi) is 4.06. The number of nitro groups is 1. The summed E-state index contributed by atoms with van der Waals surface area (Å²) in [6.07, 6.45) is 0.516. The highest BCUT2D eigenvalue weighted by molar-refractivity contribution is 5.97. The molecule has 1 amide bonds. The second kappa shape index (κ2) is 5.78. The molecule has 1 aliphatic heterocycles. The molecule has 2 N–H and O–H groups in total. The molecule has 0 bridgehead atoms. The molecule has 1 aliphatic rings. The lowest BCUT2D eigenvalue weighted by Crippen LogP contribution is -2.55. The van der Waals surface area contributed by atoms with Gasteiger partial charge in [-0.3, -0.25) is 14.9 Å². The van der Waals surface area contributed by atoms with Crippen LogP contribution in [0.1, 0.15) is 23.7 Å². The van der Waals surface area contributed by atoms with Crippen molar-refractivity contribution in [1.82, 2.24) is 5.32 Å². The quantitative estimate of drug-likeness (QED) is 0.632. The minimum absolute atomic E-state index is 0.168. The van der Waals surface area contributed by atoms with Gasteiger partial charge < -0.3 is 15.3 Å². The predicted molar refractivity (Wildman–Crippen MR) is 74.5 cm³/mol. The molecule has 0 aliphatic carbocycles. The average Bonchev–Trinajstić information content (AvgIpc) is 2.46. The van der Waals surface area contributed by atoms with Crippen molar-refractivity contribution in [3.05, 3.63) is 33.9 Å². The smallest absolute Gasteiger partial charge is 0.338 e. The van der Waals surface area contributed by atoms with Gasteiger partial charge in [0, 0.05) is 25.2 Å². The summed E-state index contributed by atoms with van der Waals surface area (Å²) in [7, 11) is 0.